The minimum atomic E-state index is -0.200. The summed E-state index contributed by atoms with van der Waals surface area (Å²) in [7, 11) is 3.21. The predicted octanol–water partition coefficient (Wildman–Crippen LogP) is 3.28. The van der Waals surface area contributed by atoms with Gasteiger partial charge in [-0.15, -0.1) is 0 Å². The van der Waals surface area contributed by atoms with Crippen LogP contribution in [0.1, 0.15) is 5.56 Å². The summed E-state index contributed by atoms with van der Waals surface area (Å²) in [5.74, 6) is 1.57. The third-order valence-corrected chi connectivity index (χ3v) is 5.99. The van der Waals surface area contributed by atoms with Crippen molar-refractivity contribution in [2.45, 2.75) is 13.0 Å². The van der Waals surface area contributed by atoms with E-state index in [1.807, 2.05) is 18.2 Å². The van der Waals surface area contributed by atoms with Crippen LogP contribution in [-0.4, -0.2) is 72.8 Å². The fourth-order valence-electron chi connectivity index (χ4n) is 4.13. The van der Waals surface area contributed by atoms with Crippen molar-refractivity contribution in [1.29, 1.82) is 0 Å². The molecular formula is C27H30N6O6. The highest BCUT2D eigenvalue weighted by molar-refractivity contribution is 5.91. The lowest BCUT2D eigenvalue weighted by Gasteiger charge is -2.14. The summed E-state index contributed by atoms with van der Waals surface area (Å²) in [6.07, 6.45) is 5.56. The molecule has 0 saturated carbocycles. The predicted molar refractivity (Wildman–Crippen MR) is 144 cm³/mol. The molecule has 12 heteroatoms. The molecule has 2 N–H and O–H groups in total. The van der Waals surface area contributed by atoms with E-state index >= 15 is 0 Å². The molecule has 0 aliphatic carbocycles. The highest BCUT2D eigenvalue weighted by Crippen LogP contribution is 2.36. The number of carbonyl (C=O) groups is 1. The zero-order chi connectivity index (χ0) is 27.0. The standard InChI is InChI=1S/C27H30N6O6/c1-35-7-9-37-24-12-21-23(13-25(24)38-10-8-36-2)29-17-30-27(21)39-20-14-31-33(15-20)16-26(34)32-19-4-3-18-5-6-28-22(18)11-19/h3-4,11-15,17,28H,5-10,16H2,1-2H3,(H,32,34). The summed E-state index contributed by atoms with van der Waals surface area (Å²) in [6.45, 7) is 2.48. The van der Waals surface area contributed by atoms with Crippen LogP contribution in [0.5, 0.6) is 23.1 Å². The van der Waals surface area contributed by atoms with Crippen molar-refractivity contribution in [2.75, 3.05) is 57.8 Å². The topological polar surface area (TPSA) is 131 Å². The monoisotopic (exact) mass is 534 g/mol. The molecule has 0 radical (unpaired) electrons. The maximum atomic E-state index is 12.6. The second kappa shape index (κ2) is 12.4. The van der Waals surface area contributed by atoms with Crippen LogP contribution >= 0.6 is 0 Å². The number of rotatable bonds is 13. The Morgan fingerprint density at radius 3 is 2.62 bits per heavy atom. The Labute approximate surface area is 225 Å². The van der Waals surface area contributed by atoms with Crippen LogP contribution in [0.25, 0.3) is 10.9 Å². The number of hydrogen-bond acceptors (Lipinski definition) is 10. The van der Waals surface area contributed by atoms with E-state index in [1.54, 1.807) is 32.5 Å². The SMILES string of the molecule is COCCOc1cc2ncnc(Oc3cnn(CC(=O)Nc4ccc5c(c4)NCC5)c3)c2cc1OCCOC. The van der Waals surface area contributed by atoms with Gasteiger partial charge in [-0.05, 0) is 30.2 Å². The lowest BCUT2D eigenvalue weighted by Crippen LogP contribution is -2.19. The van der Waals surface area contributed by atoms with Gasteiger partial charge < -0.3 is 34.3 Å². The van der Waals surface area contributed by atoms with Gasteiger partial charge in [0.25, 0.3) is 0 Å². The van der Waals surface area contributed by atoms with Crippen LogP contribution in [0, 0.1) is 0 Å². The van der Waals surface area contributed by atoms with Gasteiger partial charge >= 0.3 is 0 Å². The smallest absolute Gasteiger partial charge is 0.246 e. The number of amides is 1. The number of carbonyl (C=O) groups excluding carboxylic acids is 1. The quantitative estimate of drug-likeness (QED) is 0.246. The number of nitrogens with zero attached hydrogens (tertiary/aromatic N) is 4. The molecule has 39 heavy (non-hydrogen) atoms. The van der Waals surface area contributed by atoms with Crippen molar-refractivity contribution < 1.29 is 28.5 Å². The molecule has 1 aliphatic rings. The van der Waals surface area contributed by atoms with E-state index in [4.69, 9.17) is 23.7 Å². The van der Waals surface area contributed by atoms with Crippen LogP contribution in [0.2, 0.25) is 0 Å². The molecule has 0 spiro atoms. The number of fused-ring (bicyclic) bond motifs is 2. The van der Waals surface area contributed by atoms with Gasteiger partial charge in [0.15, 0.2) is 17.2 Å². The molecule has 12 nitrogen and oxygen atoms in total. The number of hydrogen-bond donors (Lipinski definition) is 2. The molecule has 0 atom stereocenters. The molecule has 2 aromatic heterocycles. The van der Waals surface area contributed by atoms with Crippen molar-refractivity contribution in [3.05, 3.63) is 54.6 Å². The highest BCUT2D eigenvalue weighted by atomic mass is 16.5. The molecule has 0 bridgehead atoms. The fourth-order valence-corrected chi connectivity index (χ4v) is 4.13. The van der Waals surface area contributed by atoms with E-state index in [9.17, 15) is 4.79 Å². The average Bonchev–Trinajstić information content (AvgIpc) is 3.58. The summed E-state index contributed by atoms with van der Waals surface area (Å²) in [5, 5.41) is 11.1. The third-order valence-electron chi connectivity index (χ3n) is 5.99. The van der Waals surface area contributed by atoms with Crippen LogP contribution in [0.4, 0.5) is 11.4 Å². The van der Waals surface area contributed by atoms with Crippen molar-refractivity contribution in [1.82, 2.24) is 19.7 Å². The molecule has 4 aromatic rings. The van der Waals surface area contributed by atoms with Crippen LogP contribution in [-0.2, 0) is 27.2 Å². The molecule has 0 saturated heterocycles. The molecule has 1 amide bonds. The molecule has 3 heterocycles. The molecular weight excluding hydrogens is 504 g/mol. The first-order valence-electron chi connectivity index (χ1n) is 12.5. The van der Waals surface area contributed by atoms with E-state index in [1.165, 1.54) is 22.8 Å². The van der Waals surface area contributed by atoms with Crippen LogP contribution < -0.4 is 24.8 Å². The first-order valence-corrected chi connectivity index (χ1v) is 12.5. The molecule has 2 aromatic carbocycles. The number of aromatic nitrogens is 4. The van der Waals surface area contributed by atoms with E-state index in [0.717, 1.165) is 24.3 Å². The van der Waals surface area contributed by atoms with Gasteiger partial charge in [0, 0.05) is 38.2 Å². The maximum absolute atomic E-state index is 12.6. The van der Waals surface area contributed by atoms with E-state index in [0.29, 0.717) is 60.5 Å². The second-order valence-corrected chi connectivity index (χ2v) is 8.75. The Bertz CT molecular complexity index is 1440. The number of benzene rings is 2. The Balaban J connectivity index is 1.28. The Hall–Kier alpha value is -4.42. The van der Waals surface area contributed by atoms with Gasteiger partial charge in [-0.2, -0.15) is 5.10 Å². The number of nitrogens with one attached hydrogen (secondary N) is 2. The fraction of sp³-hybridized carbons (Fsp3) is 0.333. The highest BCUT2D eigenvalue weighted by Gasteiger charge is 2.16. The lowest BCUT2D eigenvalue weighted by molar-refractivity contribution is -0.116. The average molecular weight is 535 g/mol. The van der Waals surface area contributed by atoms with Gasteiger partial charge in [0.2, 0.25) is 11.8 Å². The Morgan fingerprint density at radius 1 is 1.03 bits per heavy atom. The lowest BCUT2D eigenvalue weighted by atomic mass is 10.1. The van der Waals surface area contributed by atoms with Crippen molar-refractivity contribution in [3.8, 4) is 23.1 Å². The van der Waals surface area contributed by atoms with Gasteiger partial charge in [-0.1, -0.05) is 6.07 Å². The minimum absolute atomic E-state index is 0.0258. The Kier molecular flexibility index (Phi) is 8.34. The number of anilines is 2. The normalized spacial score (nSPS) is 12.2. The van der Waals surface area contributed by atoms with E-state index < -0.39 is 0 Å². The summed E-state index contributed by atoms with van der Waals surface area (Å²) in [6, 6.07) is 9.41. The van der Waals surface area contributed by atoms with Crippen LogP contribution in [0.15, 0.2) is 49.1 Å². The first-order chi connectivity index (χ1) is 19.1. The summed E-state index contributed by atoms with van der Waals surface area (Å²) >= 11 is 0. The first kappa shape index (κ1) is 26.2. The summed E-state index contributed by atoms with van der Waals surface area (Å²) < 4.78 is 29.4. The Morgan fingerprint density at radius 2 is 1.82 bits per heavy atom. The van der Waals surface area contributed by atoms with Gasteiger partial charge in [0.1, 0.15) is 26.1 Å². The number of ether oxygens (including phenoxy) is 5. The molecule has 204 valence electrons. The largest absolute Gasteiger partial charge is 0.487 e. The molecule has 5 rings (SSSR count). The van der Waals surface area contributed by atoms with Gasteiger partial charge in [-0.3, -0.25) is 9.48 Å². The summed E-state index contributed by atoms with van der Waals surface area (Å²) in [4.78, 5) is 21.3. The third kappa shape index (κ3) is 6.54. The van der Waals surface area contributed by atoms with Crippen molar-refractivity contribution in [2.24, 2.45) is 0 Å². The van der Waals surface area contributed by atoms with E-state index in [-0.39, 0.29) is 12.5 Å². The zero-order valence-electron chi connectivity index (χ0n) is 21.8. The van der Waals surface area contributed by atoms with E-state index in [2.05, 4.69) is 25.7 Å². The molecule has 1 aliphatic heterocycles. The molecule has 0 fully saturated rings. The van der Waals surface area contributed by atoms with Crippen molar-refractivity contribution in [3.63, 3.8) is 0 Å². The second-order valence-electron chi connectivity index (χ2n) is 8.75. The number of methoxy groups -OCH3 is 2. The molecule has 0 unspecified atom stereocenters. The zero-order valence-corrected chi connectivity index (χ0v) is 21.8. The summed E-state index contributed by atoms with van der Waals surface area (Å²) in [5.41, 5.74) is 3.66. The van der Waals surface area contributed by atoms with Gasteiger partial charge in [-0.25, -0.2) is 9.97 Å². The van der Waals surface area contributed by atoms with Crippen LogP contribution in [0.3, 0.4) is 0 Å². The van der Waals surface area contributed by atoms with Crippen molar-refractivity contribution >= 4 is 28.2 Å². The van der Waals surface area contributed by atoms with Gasteiger partial charge in [0.05, 0.1) is 36.5 Å². The minimum Gasteiger partial charge on any atom is -0.487 e. The maximum Gasteiger partial charge on any atom is 0.246 e.